The first-order chi connectivity index (χ1) is 12.8. The van der Waals surface area contributed by atoms with Gasteiger partial charge in [-0.05, 0) is 62.8 Å². The molecule has 2 aliphatic rings. The highest BCUT2D eigenvalue weighted by Crippen LogP contribution is 2.29. The van der Waals surface area contributed by atoms with Gasteiger partial charge in [-0.3, -0.25) is 10.1 Å². The number of benzene rings is 1. The van der Waals surface area contributed by atoms with Crippen molar-refractivity contribution in [3.8, 4) is 5.75 Å². The molecule has 138 valence electrons. The van der Waals surface area contributed by atoms with Crippen molar-refractivity contribution < 1.29 is 14.3 Å². The van der Waals surface area contributed by atoms with Gasteiger partial charge in [-0.15, -0.1) is 11.3 Å². The summed E-state index contributed by atoms with van der Waals surface area (Å²) in [6, 6.07) is 7.25. The molecule has 1 atom stereocenters. The van der Waals surface area contributed by atoms with Crippen molar-refractivity contribution in [3.05, 3.63) is 40.4 Å². The maximum Gasteiger partial charge on any atom is 0.257 e. The van der Waals surface area contributed by atoms with Crippen LogP contribution in [0.4, 0.5) is 5.13 Å². The van der Waals surface area contributed by atoms with Gasteiger partial charge in [-0.25, -0.2) is 4.98 Å². The van der Waals surface area contributed by atoms with E-state index < -0.39 is 0 Å². The Morgan fingerprint density at radius 1 is 1.19 bits per heavy atom. The summed E-state index contributed by atoms with van der Waals surface area (Å²) in [6.07, 6.45) is 8.14. The number of nitrogens with zero attached hydrogens (tertiary/aromatic N) is 1. The molecule has 0 unspecified atom stereocenters. The Kier molecular flexibility index (Phi) is 5.51. The van der Waals surface area contributed by atoms with Crippen LogP contribution < -0.4 is 10.1 Å². The van der Waals surface area contributed by atoms with Gasteiger partial charge in [0.1, 0.15) is 12.4 Å². The number of aryl methyl sites for hydroxylation is 2. The van der Waals surface area contributed by atoms with Crippen LogP contribution in [0.15, 0.2) is 24.3 Å². The van der Waals surface area contributed by atoms with Crippen molar-refractivity contribution in [2.75, 3.05) is 18.5 Å². The van der Waals surface area contributed by atoms with Crippen molar-refractivity contribution in [1.29, 1.82) is 0 Å². The lowest BCUT2D eigenvalue weighted by Crippen LogP contribution is -2.16. The number of carbonyl (C=O) groups is 1. The highest BCUT2D eigenvalue weighted by atomic mass is 32.1. The van der Waals surface area contributed by atoms with Crippen molar-refractivity contribution in [1.82, 2.24) is 4.98 Å². The summed E-state index contributed by atoms with van der Waals surface area (Å²) < 4.78 is 11.3. The third-order valence-electron chi connectivity index (χ3n) is 4.89. The monoisotopic (exact) mass is 372 g/mol. The molecule has 2 heterocycles. The van der Waals surface area contributed by atoms with Crippen LogP contribution in [-0.2, 0) is 17.6 Å². The molecule has 0 radical (unpaired) electrons. The second kappa shape index (κ2) is 8.18. The van der Waals surface area contributed by atoms with E-state index in [1.807, 2.05) is 12.1 Å². The average molecular weight is 372 g/mol. The molecule has 1 saturated heterocycles. The Bertz CT molecular complexity index is 727. The molecule has 1 N–H and O–H groups in total. The van der Waals surface area contributed by atoms with Crippen molar-refractivity contribution >= 4 is 22.4 Å². The number of aromatic nitrogens is 1. The average Bonchev–Trinajstić information content (AvgIpc) is 3.26. The van der Waals surface area contributed by atoms with Crippen LogP contribution in [0.2, 0.25) is 0 Å². The Hall–Kier alpha value is -1.92. The minimum Gasteiger partial charge on any atom is -0.491 e. The summed E-state index contributed by atoms with van der Waals surface area (Å²) in [5.41, 5.74) is 1.78. The summed E-state index contributed by atoms with van der Waals surface area (Å²) in [5.74, 6) is 0.637. The predicted octanol–water partition coefficient (Wildman–Crippen LogP) is 4.22. The quantitative estimate of drug-likeness (QED) is 0.798. The highest BCUT2D eigenvalue weighted by Gasteiger charge is 2.17. The first-order valence-electron chi connectivity index (χ1n) is 9.42. The molecule has 6 heteroatoms. The second-order valence-corrected chi connectivity index (χ2v) is 7.96. The number of thiazole rings is 1. The number of hydrogen-bond donors (Lipinski definition) is 1. The second-order valence-electron chi connectivity index (χ2n) is 6.87. The van der Waals surface area contributed by atoms with E-state index in [1.165, 1.54) is 29.8 Å². The molecule has 0 spiro atoms. The van der Waals surface area contributed by atoms with E-state index in [0.29, 0.717) is 17.3 Å². The third kappa shape index (κ3) is 4.24. The Labute approximate surface area is 157 Å². The van der Waals surface area contributed by atoms with E-state index in [1.54, 1.807) is 23.5 Å². The van der Waals surface area contributed by atoms with E-state index in [-0.39, 0.29) is 12.0 Å². The topological polar surface area (TPSA) is 60.5 Å². The fourth-order valence-electron chi connectivity index (χ4n) is 3.42. The van der Waals surface area contributed by atoms with E-state index in [9.17, 15) is 4.79 Å². The summed E-state index contributed by atoms with van der Waals surface area (Å²) in [7, 11) is 0. The normalized spacial score (nSPS) is 19.6. The first-order valence-corrected chi connectivity index (χ1v) is 10.2. The lowest BCUT2D eigenvalue weighted by Gasteiger charge is -2.11. The molecule has 1 aliphatic heterocycles. The smallest absolute Gasteiger partial charge is 0.257 e. The van der Waals surface area contributed by atoms with Gasteiger partial charge in [0.25, 0.3) is 5.91 Å². The summed E-state index contributed by atoms with van der Waals surface area (Å²) in [4.78, 5) is 18.4. The largest absolute Gasteiger partial charge is 0.491 e. The van der Waals surface area contributed by atoms with Crippen LogP contribution >= 0.6 is 11.3 Å². The number of fused-ring (bicyclic) bond motifs is 1. The van der Waals surface area contributed by atoms with Gasteiger partial charge < -0.3 is 9.47 Å². The van der Waals surface area contributed by atoms with Gasteiger partial charge in [-0.2, -0.15) is 0 Å². The van der Waals surface area contributed by atoms with Gasteiger partial charge in [0, 0.05) is 17.0 Å². The number of carbonyl (C=O) groups excluding carboxylic acids is 1. The SMILES string of the molecule is O=C(Nc1nc2c(s1)CCCCC2)c1ccc(OC[C@@H]2CCCO2)cc1. The van der Waals surface area contributed by atoms with Crippen LogP contribution in [-0.4, -0.2) is 30.2 Å². The number of ether oxygens (including phenoxy) is 2. The standard InChI is InChI=1S/C20H24N2O3S/c23-19(22-20-21-17-6-2-1-3-7-18(17)26-20)14-8-10-15(11-9-14)25-13-16-5-4-12-24-16/h8-11,16H,1-7,12-13H2,(H,21,22,23)/t16-/m0/s1. The van der Waals surface area contributed by atoms with Crippen molar-refractivity contribution in [3.63, 3.8) is 0 Å². The van der Waals surface area contributed by atoms with E-state index in [2.05, 4.69) is 10.3 Å². The van der Waals surface area contributed by atoms with Crippen LogP contribution in [0.5, 0.6) is 5.75 Å². The Morgan fingerprint density at radius 3 is 2.85 bits per heavy atom. The fourth-order valence-corrected chi connectivity index (χ4v) is 4.46. The van der Waals surface area contributed by atoms with E-state index in [4.69, 9.17) is 9.47 Å². The van der Waals surface area contributed by atoms with E-state index >= 15 is 0 Å². The molecule has 1 amide bonds. The van der Waals surface area contributed by atoms with Crippen LogP contribution in [0.25, 0.3) is 0 Å². The molecule has 1 aromatic heterocycles. The van der Waals surface area contributed by atoms with Crippen molar-refractivity contribution in [2.45, 2.75) is 51.0 Å². The third-order valence-corrected chi connectivity index (χ3v) is 5.97. The molecule has 0 saturated carbocycles. The highest BCUT2D eigenvalue weighted by molar-refractivity contribution is 7.15. The van der Waals surface area contributed by atoms with Gasteiger partial charge in [-0.1, -0.05) is 6.42 Å². The number of amides is 1. The van der Waals surface area contributed by atoms with Gasteiger partial charge in [0.2, 0.25) is 0 Å². The Morgan fingerprint density at radius 2 is 2.04 bits per heavy atom. The van der Waals surface area contributed by atoms with E-state index in [0.717, 1.165) is 38.0 Å². The summed E-state index contributed by atoms with van der Waals surface area (Å²) >= 11 is 1.62. The number of anilines is 1. The summed E-state index contributed by atoms with van der Waals surface area (Å²) in [6.45, 7) is 1.39. The van der Waals surface area contributed by atoms with Gasteiger partial charge in [0.05, 0.1) is 11.8 Å². The molecule has 4 rings (SSSR count). The molecule has 26 heavy (non-hydrogen) atoms. The Balaban J connectivity index is 1.34. The maximum absolute atomic E-state index is 12.5. The lowest BCUT2D eigenvalue weighted by atomic mass is 10.2. The molecule has 1 fully saturated rings. The van der Waals surface area contributed by atoms with Crippen LogP contribution in [0, 0.1) is 0 Å². The zero-order chi connectivity index (χ0) is 17.8. The van der Waals surface area contributed by atoms with Crippen LogP contribution in [0.3, 0.4) is 0 Å². The zero-order valence-electron chi connectivity index (χ0n) is 14.8. The predicted molar refractivity (Wildman–Crippen MR) is 102 cm³/mol. The minimum atomic E-state index is -0.125. The maximum atomic E-state index is 12.5. The molecule has 2 aromatic rings. The van der Waals surface area contributed by atoms with Crippen LogP contribution in [0.1, 0.15) is 53.0 Å². The fraction of sp³-hybridized carbons (Fsp3) is 0.500. The van der Waals surface area contributed by atoms with Gasteiger partial charge in [0.15, 0.2) is 5.13 Å². The number of hydrogen-bond acceptors (Lipinski definition) is 5. The minimum absolute atomic E-state index is 0.125. The molecular formula is C20H24N2O3S. The summed E-state index contributed by atoms with van der Waals surface area (Å²) in [5, 5.41) is 3.65. The zero-order valence-corrected chi connectivity index (χ0v) is 15.6. The van der Waals surface area contributed by atoms with Gasteiger partial charge >= 0.3 is 0 Å². The van der Waals surface area contributed by atoms with Crippen molar-refractivity contribution in [2.24, 2.45) is 0 Å². The lowest BCUT2D eigenvalue weighted by molar-refractivity contribution is 0.0679. The molecule has 1 aliphatic carbocycles. The molecule has 5 nitrogen and oxygen atoms in total. The molecule has 0 bridgehead atoms. The first kappa shape index (κ1) is 17.5. The number of nitrogens with one attached hydrogen (secondary N) is 1. The number of rotatable bonds is 5. The molecular weight excluding hydrogens is 348 g/mol. The molecule has 1 aromatic carbocycles.